The second kappa shape index (κ2) is 4.87. The van der Waals surface area contributed by atoms with Gasteiger partial charge in [-0.15, -0.1) is 11.6 Å². The van der Waals surface area contributed by atoms with Gasteiger partial charge in [0.05, 0.1) is 0 Å². The summed E-state index contributed by atoms with van der Waals surface area (Å²) in [5.74, 6) is 0.616. The molecule has 0 saturated carbocycles. The second-order valence-electron chi connectivity index (χ2n) is 4.16. The van der Waals surface area contributed by atoms with E-state index in [0.29, 0.717) is 5.88 Å². The molecule has 0 N–H and O–H groups in total. The van der Waals surface area contributed by atoms with Crippen LogP contribution in [0, 0.1) is 0 Å². The summed E-state index contributed by atoms with van der Waals surface area (Å²) in [5, 5.41) is 2.51. The van der Waals surface area contributed by atoms with Crippen molar-refractivity contribution in [2.24, 2.45) is 0 Å². The number of aromatic nitrogens is 1. The SMILES string of the molecule is ClCCn1c2ccc(Br)cc2c2cc(Br)ccc21. The molecule has 18 heavy (non-hydrogen) atoms. The Labute approximate surface area is 127 Å². The van der Waals surface area contributed by atoms with E-state index in [4.69, 9.17) is 11.6 Å². The van der Waals surface area contributed by atoms with Gasteiger partial charge in [0.15, 0.2) is 0 Å². The number of nitrogens with zero attached hydrogens (tertiary/aromatic N) is 1. The molecule has 4 heteroatoms. The van der Waals surface area contributed by atoms with E-state index in [-0.39, 0.29) is 0 Å². The van der Waals surface area contributed by atoms with E-state index < -0.39 is 0 Å². The normalized spacial score (nSPS) is 11.5. The highest BCUT2D eigenvalue weighted by atomic mass is 79.9. The lowest BCUT2D eigenvalue weighted by Crippen LogP contribution is -1.97. The zero-order chi connectivity index (χ0) is 12.7. The molecule has 3 aromatic rings. The van der Waals surface area contributed by atoms with Gasteiger partial charge in [0.1, 0.15) is 0 Å². The molecule has 0 fully saturated rings. The number of fused-ring (bicyclic) bond motifs is 3. The highest BCUT2D eigenvalue weighted by Crippen LogP contribution is 2.32. The Morgan fingerprint density at radius 1 is 0.889 bits per heavy atom. The van der Waals surface area contributed by atoms with Crippen molar-refractivity contribution >= 4 is 65.3 Å². The first-order valence-corrected chi connectivity index (χ1v) is 7.76. The lowest BCUT2D eigenvalue weighted by Gasteiger charge is -2.04. The summed E-state index contributed by atoms with van der Waals surface area (Å²) >= 11 is 13.0. The third-order valence-electron chi connectivity index (χ3n) is 3.10. The van der Waals surface area contributed by atoms with E-state index in [2.05, 4.69) is 72.8 Å². The van der Waals surface area contributed by atoms with Crippen LogP contribution in [-0.2, 0) is 6.54 Å². The number of halogens is 3. The number of alkyl halides is 1. The van der Waals surface area contributed by atoms with Crippen LogP contribution in [0.15, 0.2) is 45.3 Å². The molecule has 0 unspecified atom stereocenters. The number of aryl methyl sites for hydroxylation is 1. The molecule has 3 rings (SSSR count). The maximum atomic E-state index is 5.92. The van der Waals surface area contributed by atoms with Crippen LogP contribution in [0.4, 0.5) is 0 Å². The fourth-order valence-electron chi connectivity index (χ4n) is 2.37. The minimum absolute atomic E-state index is 0.616. The first-order valence-electron chi connectivity index (χ1n) is 5.63. The molecule has 0 radical (unpaired) electrons. The van der Waals surface area contributed by atoms with Crippen molar-refractivity contribution in [1.29, 1.82) is 0 Å². The molecule has 0 bridgehead atoms. The zero-order valence-electron chi connectivity index (χ0n) is 9.46. The number of benzene rings is 2. The Balaban J connectivity index is 2.48. The van der Waals surface area contributed by atoms with Crippen molar-refractivity contribution in [3.8, 4) is 0 Å². The third-order valence-corrected chi connectivity index (χ3v) is 4.25. The molecule has 0 aliphatic heterocycles. The maximum absolute atomic E-state index is 5.92. The number of rotatable bonds is 2. The van der Waals surface area contributed by atoms with Crippen molar-refractivity contribution in [2.75, 3.05) is 5.88 Å². The van der Waals surface area contributed by atoms with Crippen LogP contribution in [0.1, 0.15) is 0 Å². The Morgan fingerprint density at radius 2 is 1.39 bits per heavy atom. The monoisotopic (exact) mass is 385 g/mol. The van der Waals surface area contributed by atoms with Gasteiger partial charge in [0.2, 0.25) is 0 Å². The Hall–Kier alpha value is -0.510. The fraction of sp³-hybridized carbons (Fsp3) is 0.143. The topological polar surface area (TPSA) is 4.93 Å². The molecule has 0 aliphatic rings. The van der Waals surface area contributed by atoms with Gasteiger partial charge in [-0.25, -0.2) is 0 Å². The van der Waals surface area contributed by atoms with E-state index in [0.717, 1.165) is 15.5 Å². The van der Waals surface area contributed by atoms with Crippen molar-refractivity contribution in [1.82, 2.24) is 4.57 Å². The van der Waals surface area contributed by atoms with Gasteiger partial charge in [-0.2, -0.15) is 0 Å². The predicted octanol–water partition coefficient (Wildman–Crippen LogP) is 5.56. The average molecular weight is 388 g/mol. The summed E-state index contributed by atoms with van der Waals surface area (Å²) in [5.41, 5.74) is 2.46. The number of hydrogen-bond donors (Lipinski definition) is 0. The van der Waals surface area contributed by atoms with Gasteiger partial charge < -0.3 is 4.57 Å². The van der Waals surface area contributed by atoms with Crippen LogP contribution in [0.5, 0.6) is 0 Å². The third kappa shape index (κ3) is 1.98. The van der Waals surface area contributed by atoms with E-state index in [1.165, 1.54) is 21.8 Å². The maximum Gasteiger partial charge on any atom is 0.0492 e. The molecule has 0 amide bonds. The van der Waals surface area contributed by atoms with Gasteiger partial charge in [-0.3, -0.25) is 0 Å². The second-order valence-corrected chi connectivity index (χ2v) is 6.37. The number of hydrogen-bond acceptors (Lipinski definition) is 0. The molecular weight excluding hydrogens is 377 g/mol. The van der Waals surface area contributed by atoms with E-state index in [1.54, 1.807) is 0 Å². The van der Waals surface area contributed by atoms with E-state index >= 15 is 0 Å². The summed E-state index contributed by atoms with van der Waals surface area (Å²) in [6, 6.07) is 12.7. The summed E-state index contributed by atoms with van der Waals surface area (Å²) in [6.45, 7) is 0.824. The largest absolute Gasteiger partial charge is 0.339 e. The minimum Gasteiger partial charge on any atom is -0.339 e. The summed E-state index contributed by atoms with van der Waals surface area (Å²) < 4.78 is 4.47. The van der Waals surface area contributed by atoms with Gasteiger partial charge >= 0.3 is 0 Å². The van der Waals surface area contributed by atoms with Gasteiger partial charge in [0.25, 0.3) is 0 Å². The smallest absolute Gasteiger partial charge is 0.0492 e. The van der Waals surface area contributed by atoms with Crippen LogP contribution >= 0.6 is 43.5 Å². The van der Waals surface area contributed by atoms with Crippen LogP contribution in [0.25, 0.3) is 21.8 Å². The quantitative estimate of drug-likeness (QED) is 0.508. The van der Waals surface area contributed by atoms with Crippen LogP contribution in [0.3, 0.4) is 0 Å². The molecular formula is C14H10Br2ClN. The van der Waals surface area contributed by atoms with E-state index in [9.17, 15) is 0 Å². The first-order chi connectivity index (χ1) is 8.70. The first kappa shape index (κ1) is 12.5. The predicted molar refractivity (Wildman–Crippen MR) is 85.6 cm³/mol. The highest BCUT2D eigenvalue weighted by Gasteiger charge is 2.10. The van der Waals surface area contributed by atoms with Crippen LogP contribution in [-0.4, -0.2) is 10.4 Å². The molecule has 1 nitrogen and oxygen atoms in total. The average Bonchev–Trinajstić information content (AvgIpc) is 2.64. The minimum atomic E-state index is 0.616. The van der Waals surface area contributed by atoms with Gasteiger partial charge in [0, 0.05) is 43.2 Å². The van der Waals surface area contributed by atoms with Crippen molar-refractivity contribution in [3.05, 3.63) is 45.3 Å². The molecule has 2 aromatic carbocycles. The molecule has 1 aromatic heterocycles. The lowest BCUT2D eigenvalue weighted by atomic mass is 10.2. The summed E-state index contributed by atoms with van der Waals surface area (Å²) in [4.78, 5) is 0. The highest BCUT2D eigenvalue weighted by molar-refractivity contribution is 9.10. The van der Waals surface area contributed by atoms with Crippen molar-refractivity contribution in [3.63, 3.8) is 0 Å². The Kier molecular flexibility index (Phi) is 3.39. The van der Waals surface area contributed by atoms with Crippen LogP contribution < -0.4 is 0 Å². The standard InChI is InChI=1S/C14H10Br2ClN/c15-9-1-3-13-11(7-9)12-8-10(16)2-4-14(12)18(13)6-5-17/h1-4,7-8H,5-6H2. The van der Waals surface area contributed by atoms with Gasteiger partial charge in [-0.05, 0) is 36.4 Å². The van der Waals surface area contributed by atoms with Crippen LogP contribution in [0.2, 0.25) is 0 Å². The van der Waals surface area contributed by atoms with Crippen molar-refractivity contribution < 1.29 is 0 Å². The van der Waals surface area contributed by atoms with Crippen molar-refractivity contribution in [2.45, 2.75) is 6.54 Å². The molecule has 0 aliphatic carbocycles. The molecule has 1 heterocycles. The summed E-state index contributed by atoms with van der Waals surface area (Å²) in [7, 11) is 0. The molecule has 92 valence electrons. The molecule has 0 saturated heterocycles. The van der Waals surface area contributed by atoms with Gasteiger partial charge in [-0.1, -0.05) is 31.9 Å². The Bertz CT molecular complexity index is 674. The lowest BCUT2D eigenvalue weighted by molar-refractivity contribution is 0.833. The molecule has 0 atom stereocenters. The fourth-order valence-corrected chi connectivity index (χ4v) is 3.27. The molecule has 0 spiro atoms. The zero-order valence-corrected chi connectivity index (χ0v) is 13.4. The van der Waals surface area contributed by atoms with E-state index in [1.807, 2.05) is 0 Å². The Morgan fingerprint density at radius 3 is 1.83 bits per heavy atom. The summed E-state index contributed by atoms with van der Waals surface area (Å²) in [6.07, 6.45) is 0.